The molecule has 0 bridgehead atoms. The van der Waals surface area contributed by atoms with Gasteiger partial charge in [-0.2, -0.15) is 0 Å². The number of carbonyl (C=O) groups is 2. The average molecular weight is 237 g/mol. The predicted octanol–water partition coefficient (Wildman–Crippen LogP) is 0.560. The van der Waals surface area contributed by atoms with Gasteiger partial charge in [0.15, 0.2) is 0 Å². The Morgan fingerprint density at radius 1 is 1.29 bits per heavy atom. The molecule has 17 heavy (non-hydrogen) atoms. The third-order valence-corrected chi connectivity index (χ3v) is 2.33. The fraction of sp³-hybridized carbons (Fsp3) is 0.333. The second kappa shape index (κ2) is 6.00. The van der Waals surface area contributed by atoms with E-state index in [9.17, 15) is 9.59 Å². The van der Waals surface area contributed by atoms with Gasteiger partial charge in [0.05, 0.1) is 0 Å². The van der Waals surface area contributed by atoms with Crippen LogP contribution >= 0.6 is 0 Å². The van der Waals surface area contributed by atoms with Crippen LogP contribution in [0.25, 0.3) is 0 Å². The average Bonchev–Trinajstić information content (AvgIpc) is 2.29. The lowest BCUT2D eigenvalue weighted by atomic mass is 10.1. The summed E-state index contributed by atoms with van der Waals surface area (Å²) in [6.07, 6.45) is -0.00701. The summed E-state index contributed by atoms with van der Waals surface area (Å²) >= 11 is 0. The number of aliphatic hydroxyl groups is 1. The molecule has 92 valence electrons. The molecular weight excluding hydrogens is 222 g/mol. The van der Waals surface area contributed by atoms with Crippen molar-refractivity contribution in [3.05, 3.63) is 35.4 Å². The molecule has 0 aliphatic heterocycles. The number of aliphatic hydroxyl groups excluding tert-OH is 1. The predicted molar refractivity (Wildman–Crippen MR) is 61.8 cm³/mol. The smallest absolute Gasteiger partial charge is 0.326 e. The number of hydrogen-bond acceptors (Lipinski definition) is 3. The van der Waals surface area contributed by atoms with Gasteiger partial charge in [0.25, 0.3) is 5.91 Å². The molecule has 0 radical (unpaired) electrons. The first-order valence-corrected chi connectivity index (χ1v) is 5.26. The molecule has 3 N–H and O–H groups in total. The lowest BCUT2D eigenvalue weighted by Gasteiger charge is -2.13. The Hall–Kier alpha value is -1.88. The Bertz CT molecular complexity index is 399. The van der Waals surface area contributed by atoms with E-state index in [1.54, 1.807) is 24.3 Å². The van der Waals surface area contributed by atoms with E-state index in [2.05, 4.69) is 5.32 Å². The molecule has 1 rings (SSSR count). The Morgan fingerprint density at radius 3 is 2.35 bits per heavy atom. The number of aryl methyl sites for hydroxylation is 1. The maximum absolute atomic E-state index is 11.7. The first-order valence-electron chi connectivity index (χ1n) is 5.26. The van der Waals surface area contributed by atoms with Crippen molar-refractivity contribution in [1.82, 2.24) is 5.32 Å². The van der Waals surface area contributed by atoms with Crippen LogP contribution in [0.1, 0.15) is 22.3 Å². The maximum Gasteiger partial charge on any atom is 0.326 e. The fourth-order valence-electron chi connectivity index (χ4n) is 1.33. The number of carboxylic acids is 1. The van der Waals surface area contributed by atoms with Crippen LogP contribution in [0.15, 0.2) is 24.3 Å². The van der Waals surface area contributed by atoms with Gasteiger partial charge >= 0.3 is 5.97 Å². The van der Waals surface area contributed by atoms with E-state index in [0.717, 1.165) is 5.56 Å². The topological polar surface area (TPSA) is 86.6 Å². The van der Waals surface area contributed by atoms with Crippen LogP contribution in [-0.2, 0) is 4.79 Å². The van der Waals surface area contributed by atoms with Gasteiger partial charge in [0, 0.05) is 18.6 Å². The minimum atomic E-state index is -1.15. The van der Waals surface area contributed by atoms with E-state index >= 15 is 0 Å². The van der Waals surface area contributed by atoms with Crippen LogP contribution in [-0.4, -0.2) is 34.7 Å². The number of carboxylic acid groups (broad SMARTS) is 1. The molecule has 0 saturated carbocycles. The van der Waals surface area contributed by atoms with Gasteiger partial charge in [-0.25, -0.2) is 4.79 Å². The molecule has 1 aromatic carbocycles. The highest BCUT2D eigenvalue weighted by molar-refractivity contribution is 5.96. The Labute approximate surface area is 99.1 Å². The molecule has 5 heteroatoms. The largest absolute Gasteiger partial charge is 0.480 e. The lowest BCUT2D eigenvalue weighted by molar-refractivity contribution is -0.139. The van der Waals surface area contributed by atoms with Gasteiger partial charge in [-0.1, -0.05) is 17.7 Å². The number of amides is 1. The van der Waals surface area contributed by atoms with Crippen molar-refractivity contribution in [1.29, 1.82) is 0 Å². The molecule has 1 aromatic rings. The van der Waals surface area contributed by atoms with Crippen LogP contribution < -0.4 is 5.32 Å². The van der Waals surface area contributed by atoms with Crippen molar-refractivity contribution in [3.8, 4) is 0 Å². The number of nitrogens with one attached hydrogen (secondary N) is 1. The minimum absolute atomic E-state index is 0.00701. The summed E-state index contributed by atoms with van der Waals surface area (Å²) in [5, 5.41) is 19.9. The van der Waals surface area contributed by atoms with Crippen molar-refractivity contribution in [2.75, 3.05) is 6.61 Å². The van der Waals surface area contributed by atoms with Crippen molar-refractivity contribution in [2.45, 2.75) is 19.4 Å². The molecule has 1 amide bonds. The number of aliphatic carboxylic acids is 1. The van der Waals surface area contributed by atoms with Crippen LogP contribution in [0.4, 0.5) is 0 Å². The molecule has 0 spiro atoms. The summed E-state index contributed by atoms with van der Waals surface area (Å²) < 4.78 is 0. The zero-order valence-electron chi connectivity index (χ0n) is 9.51. The van der Waals surface area contributed by atoms with E-state index in [-0.39, 0.29) is 13.0 Å². The first kappa shape index (κ1) is 13.2. The molecular formula is C12H15NO4. The van der Waals surface area contributed by atoms with Gasteiger partial charge in [-0.05, 0) is 19.1 Å². The van der Waals surface area contributed by atoms with Gasteiger partial charge in [-0.15, -0.1) is 0 Å². The second-order valence-corrected chi connectivity index (χ2v) is 3.74. The normalized spacial score (nSPS) is 11.9. The van der Waals surface area contributed by atoms with E-state index in [4.69, 9.17) is 10.2 Å². The number of hydrogen-bond donors (Lipinski definition) is 3. The Balaban J connectivity index is 2.70. The molecule has 0 saturated heterocycles. The molecule has 1 atom stereocenters. The van der Waals surface area contributed by atoms with Crippen LogP contribution in [0.5, 0.6) is 0 Å². The SMILES string of the molecule is Cc1ccc(C(=O)N[C@H](CCO)C(=O)O)cc1. The minimum Gasteiger partial charge on any atom is -0.480 e. The zero-order chi connectivity index (χ0) is 12.8. The lowest BCUT2D eigenvalue weighted by Crippen LogP contribution is -2.41. The van der Waals surface area contributed by atoms with Crippen LogP contribution in [0, 0.1) is 6.92 Å². The highest BCUT2D eigenvalue weighted by Crippen LogP contribution is 2.04. The van der Waals surface area contributed by atoms with Crippen molar-refractivity contribution in [2.24, 2.45) is 0 Å². The molecule has 0 aliphatic rings. The third kappa shape index (κ3) is 3.88. The van der Waals surface area contributed by atoms with Crippen LogP contribution in [0.2, 0.25) is 0 Å². The third-order valence-electron chi connectivity index (χ3n) is 2.33. The number of carbonyl (C=O) groups excluding carboxylic acids is 1. The standard InChI is InChI=1S/C12H15NO4/c1-8-2-4-9(5-3-8)11(15)13-10(6-7-14)12(16)17/h2-5,10,14H,6-7H2,1H3,(H,13,15)(H,16,17)/t10-/m1/s1. The molecule has 5 nitrogen and oxygen atoms in total. The van der Waals surface area contributed by atoms with Crippen molar-refractivity contribution < 1.29 is 19.8 Å². The Morgan fingerprint density at radius 2 is 1.88 bits per heavy atom. The Kier molecular flexibility index (Phi) is 4.66. The molecule has 0 aromatic heterocycles. The molecule has 0 fully saturated rings. The summed E-state index contributed by atoms with van der Waals surface area (Å²) in [5.41, 5.74) is 1.42. The highest BCUT2D eigenvalue weighted by atomic mass is 16.4. The monoisotopic (exact) mass is 237 g/mol. The van der Waals surface area contributed by atoms with E-state index < -0.39 is 17.9 Å². The summed E-state index contributed by atoms with van der Waals surface area (Å²) in [6, 6.07) is 5.74. The summed E-state index contributed by atoms with van der Waals surface area (Å²) in [6.45, 7) is 1.61. The molecule has 0 aliphatic carbocycles. The highest BCUT2D eigenvalue weighted by Gasteiger charge is 2.19. The zero-order valence-corrected chi connectivity index (χ0v) is 9.51. The van der Waals surface area contributed by atoms with Gasteiger partial charge in [0.2, 0.25) is 0 Å². The van der Waals surface area contributed by atoms with Crippen molar-refractivity contribution in [3.63, 3.8) is 0 Å². The van der Waals surface area contributed by atoms with Gasteiger partial charge in [-0.3, -0.25) is 4.79 Å². The molecule has 0 unspecified atom stereocenters. The number of rotatable bonds is 5. The van der Waals surface area contributed by atoms with Crippen LogP contribution in [0.3, 0.4) is 0 Å². The molecule has 0 heterocycles. The first-order chi connectivity index (χ1) is 8.04. The van der Waals surface area contributed by atoms with Gasteiger partial charge < -0.3 is 15.5 Å². The fourth-order valence-corrected chi connectivity index (χ4v) is 1.33. The van der Waals surface area contributed by atoms with Gasteiger partial charge in [0.1, 0.15) is 6.04 Å². The van der Waals surface area contributed by atoms with E-state index in [1.165, 1.54) is 0 Å². The second-order valence-electron chi connectivity index (χ2n) is 3.74. The summed E-state index contributed by atoms with van der Waals surface area (Å²) in [5.74, 6) is -1.61. The number of benzene rings is 1. The van der Waals surface area contributed by atoms with Crippen molar-refractivity contribution >= 4 is 11.9 Å². The summed E-state index contributed by atoms with van der Waals surface area (Å²) in [7, 11) is 0. The summed E-state index contributed by atoms with van der Waals surface area (Å²) in [4.78, 5) is 22.5. The maximum atomic E-state index is 11.7. The van der Waals surface area contributed by atoms with E-state index in [0.29, 0.717) is 5.56 Å². The quantitative estimate of drug-likeness (QED) is 0.698. The van der Waals surface area contributed by atoms with E-state index in [1.807, 2.05) is 6.92 Å².